The third kappa shape index (κ3) is 5.91. The van der Waals surface area contributed by atoms with Gasteiger partial charge in [0, 0.05) is 5.92 Å². The second kappa shape index (κ2) is 11.0. The fourth-order valence-electron chi connectivity index (χ4n) is 4.18. The number of nitrogens with one attached hydrogen (secondary N) is 2. The summed E-state index contributed by atoms with van der Waals surface area (Å²) in [6.07, 6.45) is 1.45. The number of hydrogen-bond donors (Lipinski definition) is 3. The SMILES string of the molecule is CSCC[C@@H](NC(=O)[C@@H](NC(=O)OCC1c2ccccc2-c2ccccc21)C(C)(C)C)C(=O)O. The van der Waals surface area contributed by atoms with Crippen LogP contribution in [0.15, 0.2) is 48.5 Å². The first-order valence-electron chi connectivity index (χ1n) is 11.3. The highest BCUT2D eigenvalue weighted by Crippen LogP contribution is 2.44. The van der Waals surface area contributed by atoms with E-state index in [9.17, 15) is 19.5 Å². The Morgan fingerprint density at radius 2 is 1.56 bits per heavy atom. The molecule has 7 nitrogen and oxygen atoms in total. The molecule has 0 aromatic heterocycles. The summed E-state index contributed by atoms with van der Waals surface area (Å²) < 4.78 is 5.58. The molecule has 1 aliphatic carbocycles. The van der Waals surface area contributed by atoms with Crippen LogP contribution in [0.1, 0.15) is 44.2 Å². The number of carboxylic acids is 1. The smallest absolute Gasteiger partial charge is 0.407 e. The number of carbonyl (C=O) groups is 3. The predicted molar refractivity (Wildman–Crippen MR) is 134 cm³/mol. The molecule has 2 amide bonds. The van der Waals surface area contributed by atoms with Crippen LogP contribution < -0.4 is 10.6 Å². The second-order valence-corrected chi connectivity index (χ2v) is 10.4. The van der Waals surface area contributed by atoms with Gasteiger partial charge in [-0.25, -0.2) is 9.59 Å². The normalized spacial score (nSPS) is 14.5. The largest absolute Gasteiger partial charge is 0.480 e. The number of carbonyl (C=O) groups excluding carboxylic acids is 2. The molecule has 0 fully saturated rings. The summed E-state index contributed by atoms with van der Waals surface area (Å²) in [5.41, 5.74) is 3.80. The van der Waals surface area contributed by atoms with E-state index in [2.05, 4.69) is 22.8 Å². The molecule has 2 atom stereocenters. The van der Waals surface area contributed by atoms with Crippen LogP contribution in [0.2, 0.25) is 0 Å². The van der Waals surface area contributed by atoms with Gasteiger partial charge < -0.3 is 20.5 Å². The lowest BCUT2D eigenvalue weighted by atomic mass is 9.86. The Labute approximate surface area is 204 Å². The molecule has 2 aromatic rings. The molecule has 0 radical (unpaired) electrons. The Hall–Kier alpha value is -3.00. The minimum atomic E-state index is -1.10. The van der Waals surface area contributed by atoms with E-state index in [0.29, 0.717) is 12.2 Å². The quantitative estimate of drug-likeness (QED) is 0.491. The summed E-state index contributed by atoms with van der Waals surface area (Å²) in [6.45, 7) is 5.54. The van der Waals surface area contributed by atoms with E-state index in [1.54, 1.807) is 20.8 Å². The number of carboxylic acid groups (broad SMARTS) is 1. The first kappa shape index (κ1) is 25.6. The average molecular weight is 485 g/mol. The number of fused-ring (bicyclic) bond motifs is 3. The van der Waals surface area contributed by atoms with E-state index >= 15 is 0 Å². The summed E-state index contributed by atoms with van der Waals surface area (Å²) in [7, 11) is 0. The molecule has 1 aliphatic rings. The van der Waals surface area contributed by atoms with Crippen LogP contribution in [0.25, 0.3) is 11.1 Å². The third-order valence-corrected chi connectivity index (χ3v) is 6.60. The molecule has 0 saturated heterocycles. The Bertz CT molecular complexity index is 1000. The number of hydrogen-bond acceptors (Lipinski definition) is 5. The molecule has 0 heterocycles. The van der Waals surface area contributed by atoms with Crippen LogP contribution >= 0.6 is 11.8 Å². The van der Waals surface area contributed by atoms with Crippen LogP contribution in [0, 0.1) is 5.41 Å². The van der Waals surface area contributed by atoms with Crippen molar-refractivity contribution in [3.63, 3.8) is 0 Å². The van der Waals surface area contributed by atoms with Crippen LogP contribution in [0.5, 0.6) is 0 Å². The van der Waals surface area contributed by atoms with Crippen LogP contribution in [-0.4, -0.2) is 53.8 Å². The molecule has 8 heteroatoms. The van der Waals surface area contributed by atoms with Gasteiger partial charge in [0.2, 0.25) is 5.91 Å². The van der Waals surface area contributed by atoms with E-state index in [-0.39, 0.29) is 12.5 Å². The fourth-order valence-corrected chi connectivity index (χ4v) is 4.65. The molecule has 3 rings (SSSR count). The van der Waals surface area contributed by atoms with Gasteiger partial charge in [-0.2, -0.15) is 11.8 Å². The van der Waals surface area contributed by atoms with Crippen LogP contribution in [0.4, 0.5) is 4.79 Å². The lowest BCUT2D eigenvalue weighted by molar-refractivity contribution is -0.142. The maximum absolute atomic E-state index is 12.9. The van der Waals surface area contributed by atoms with Crippen molar-refractivity contribution >= 4 is 29.7 Å². The lowest BCUT2D eigenvalue weighted by Gasteiger charge is -2.31. The molecule has 34 heavy (non-hydrogen) atoms. The third-order valence-electron chi connectivity index (χ3n) is 5.96. The standard InChI is InChI=1S/C26H32N2O5S/c1-26(2,3)22(23(29)27-21(24(30)31)13-14-34-4)28-25(32)33-15-20-18-11-7-5-9-16(18)17-10-6-8-12-19(17)20/h5-12,20-22H,13-15H2,1-4H3,(H,27,29)(H,28,32)(H,30,31)/t21-,22-/m1/s1. The molecule has 0 saturated carbocycles. The monoisotopic (exact) mass is 484 g/mol. The van der Waals surface area contributed by atoms with Gasteiger partial charge in [0.25, 0.3) is 0 Å². The van der Waals surface area contributed by atoms with Crippen molar-refractivity contribution in [1.82, 2.24) is 10.6 Å². The van der Waals surface area contributed by atoms with E-state index in [4.69, 9.17) is 4.74 Å². The van der Waals surface area contributed by atoms with Gasteiger partial charge >= 0.3 is 12.1 Å². The predicted octanol–water partition coefficient (Wildman–Crippen LogP) is 4.26. The molecular weight excluding hydrogens is 452 g/mol. The Morgan fingerprint density at radius 1 is 1.00 bits per heavy atom. The van der Waals surface area contributed by atoms with Crippen molar-refractivity contribution in [3.8, 4) is 11.1 Å². The number of thioether (sulfide) groups is 1. The summed E-state index contributed by atoms with van der Waals surface area (Å²) in [6, 6.07) is 14.1. The van der Waals surface area contributed by atoms with Crippen molar-refractivity contribution in [2.45, 2.75) is 45.2 Å². The average Bonchev–Trinajstić information content (AvgIpc) is 3.11. The first-order chi connectivity index (χ1) is 16.1. The van der Waals surface area contributed by atoms with E-state index in [0.717, 1.165) is 22.3 Å². The zero-order chi connectivity index (χ0) is 24.9. The van der Waals surface area contributed by atoms with Crippen molar-refractivity contribution in [1.29, 1.82) is 0 Å². The number of benzene rings is 2. The second-order valence-electron chi connectivity index (χ2n) is 9.45. The number of rotatable bonds is 9. The maximum Gasteiger partial charge on any atom is 0.407 e. The van der Waals surface area contributed by atoms with E-state index in [1.165, 1.54) is 11.8 Å². The molecule has 0 bridgehead atoms. The molecule has 3 N–H and O–H groups in total. The van der Waals surface area contributed by atoms with Gasteiger partial charge in [-0.05, 0) is 46.1 Å². The number of ether oxygens (including phenoxy) is 1. The molecule has 2 aromatic carbocycles. The zero-order valence-corrected chi connectivity index (χ0v) is 20.8. The molecule has 182 valence electrons. The summed E-state index contributed by atoms with van der Waals surface area (Å²) in [5.74, 6) is -1.15. The minimum Gasteiger partial charge on any atom is -0.480 e. The van der Waals surface area contributed by atoms with Crippen LogP contribution in [0.3, 0.4) is 0 Å². The summed E-state index contributed by atoms with van der Waals surface area (Å²) in [5, 5.41) is 14.7. The topological polar surface area (TPSA) is 105 Å². The van der Waals surface area contributed by atoms with Crippen molar-refractivity contribution in [3.05, 3.63) is 59.7 Å². The van der Waals surface area contributed by atoms with Gasteiger partial charge in [0.15, 0.2) is 0 Å². The van der Waals surface area contributed by atoms with Gasteiger partial charge in [0.1, 0.15) is 18.7 Å². The summed E-state index contributed by atoms with van der Waals surface area (Å²) >= 11 is 1.50. The minimum absolute atomic E-state index is 0.0944. The van der Waals surface area contributed by atoms with Gasteiger partial charge in [-0.1, -0.05) is 69.3 Å². The van der Waals surface area contributed by atoms with E-state index < -0.39 is 35.5 Å². The first-order valence-corrected chi connectivity index (χ1v) is 12.7. The Balaban J connectivity index is 1.68. The molecule has 0 unspecified atom stereocenters. The molecule has 0 spiro atoms. The van der Waals surface area contributed by atoms with Gasteiger partial charge in [-0.3, -0.25) is 4.79 Å². The van der Waals surface area contributed by atoms with Gasteiger partial charge in [0.05, 0.1) is 0 Å². The fraction of sp³-hybridized carbons (Fsp3) is 0.423. The van der Waals surface area contributed by atoms with Crippen molar-refractivity contribution < 1.29 is 24.2 Å². The molecular formula is C26H32N2O5S. The number of alkyl carbamates (subject to hydrolysis) is 1. The van der Waals surface area contributed by atoms with Crippen molar-refractivity contribution in [2.75, 3.05) is 18.6 Å². The Kier molecular flexibility index (Phi) is 8.25. The van der Waals surface area contributed by atoms with E-state index in [1.807, 2.05) is 42.7 Å². The van der Waals surface area contributed by atoms with Gasteiger partial charge in [-0.15, -0.1) is 0 Å². The Morgan fingerprint density at radius 3 is 2.06 bits per heavy atom. The highest BCUT2D eigenvalue weighted by atomic mass is 32.2. The summed E-state index contributed by atoms with van der Waals surface area (Å²) in [4.78, 5) is 37.2. The molecule has 0 aliphatic heterocycles. The number of aliphatic carboxylic acids is 1. The number of amides is 2. The lowest BCUT2D eigenvalue weighted by Crippen LogP contribution is -2.56. The highest BCUT2D eigenvalue weighted by molar-refractivity contribution is 7.98. The highest BCUT2D eigenvalue weighted by Gasteiger charge is 2.36. The van der Waals surface area contributed by atoms with Crippen molar-refractivity contribution in [2.24, 2.45) is 5.41 Å². The maximum atomic E-state index is 12.9. The zero-order valence-electron chi connectivity index (χ0n) is 20.0. The van der Waals surface area contributed by atoms with Crippen LogP contribution in [-0.2, 0) is 14.3 Å².